The molecular formula is C17H21ClN2O3. The van der Waals surface area contributed by atoms with Gasteiger partial charge in [0.2, 0.25) is 0 Å². The molecule has 2 unspecified atom stereocenters. The predicted molar refractivity (Wildman–Crippen MR) is 87.2 cm³/mol. The van der Waals surface area contributed by atoms with Crippen molar-refractivity contribution in [2.24, 2.45) is 5.92 Å². The lowest BCUT2D eigenvalue weighted by atomic mass is 9.92. The molecular weight excluding hydrogens is 316 g/mol. The highest BCUT2D eigenvalue weighted by atomic mass is 35.5. The van der Waals surface area contributed by atoms with Crippen molar-refractivity contribution < 1.29 is 14.3 Å². The summed E-state index contributed by atoms with van der Waals surface area (Å²) in [4.78, 5) is 23.4. The molecule has 1 heterocycles. The Morgan fingerprint density at radius 2 is 2.09 bits per heavy atom. The van der Waals surface area contributed by atoms with E-state index in [0.29, 0.717) is 10.9 Å². The van der Waals surface area contributed by atoms with Crippen LogP contribution in [0.2, 0.25) is 5.02 Å². The van der Waals surface area contributed by atoms with Gasteiger partial charge in [0.05, 0.1) is 18.5 Å². The zero-order chi connectivity index (χ0) is 16.2. The van der Waals surface area contributed by atoms with Crippen molar-refractivity contribution in [3.63, 3.8) is 0 Å². The molecule has 1 saturated heterocycles. The largest absolute Gasteiger partial charge is 0.463 e. The van der Waals surface area contributed by atoms with Crippen LogP contribution in [0.15, 0.2) is 24.3 Å². The fourth-order valence-corrected chi connectivity index (χ4v) is 3.64. The van der Waals surface area contributed by atoms with Gasteiger partial charge in [0.25, 0.3) is 0 Å². The summed E-state index contributed by atoms with van der Waals surface area (Å²) >= 11 is 6.10. The number of rotatable bonds is 4. The summed E-state index contributed by atoms with van der Waals surface area (Å²) in [5, 5.41) is 6.56. The van der Waals surface area contributed by atoms with E-state index in [2.05, 4.69) is 10.6 Å². The van der Waals surface area contributed by atoms with Gasteiger partial charge in [-0.25, -0.2) is 4.79 Å². The number of esters is 1. The first kappa shape index (κ1) is 16.1. The van der Waals surface area contributed by atoms with Crippen molar-refractivity contribution >= 4 is 23.6 Å². The molecule has 1 aromatic carbocycles. The van der Waals surface area contributed by atoms with E-state index in [1.54, 1.807) is 0 Å². The summed E-state index contributed by atoms with van der Waals surface area (Å²) in [5.41, 5.74) is 1.03. The number of halogens is 1. The smallest absolute Gasteiger partial charge is 0.315 e. The van der Waals surface area contributed by atoms with Crippen LogP contribution in [0.5, 0.6) is 0 Å². The molecule has 124 valence electrons. The van der Waals surface area contributed by atoms with Crippen molar-refractivity contribution in [3.8, 4) is 0 Å². The molecule has 1 aliphatic carbocycles. The SMILES string of the molecule is O=C(NC1COC(=O)C1)NC(c1cccc(Cl)c1)C1CCCC1. The van der Waals surface area contributed by atoms with Crippen molar-refractivity contribution in [3.05, 3.63) is 34.9 Å². The first-order valence-corrected chi connectivity index (χ1v) is 8.48. The van der Waals surface area contributed by atoms with Gasteiger partial charge in [-0.3, -0.25) is 4.79 Å². The second-order valence-electron chi connectivity index (χ2n) is 6.28. The molecule has 0 spiro atoms. The van der Waals surface area contributed by atoms with Gasteiger partial charge < -0.3 is 15.4 Å². The lowest BCUT2D eigenvalue weighted by molar-refractivity contribution is -0.137. The lowest BCUT2D eigenvalue weighted by Gasteiger charge is -2.26. The zero-order valence-corrected chi connectivity index (χ0v) is 13.6. The van der Waals surface area contributed by atoms with E-state index in [-0.39, 0.29) is 37.1 Å². The topological polar surface area (TPSA) is 67.4 Å². The molecule has 1 aromatic rings. The fourth-order valence-electron chi connectivity index (χ4n) is 3.44. The van der Waals surface area contributed by atoms with Gasteiger partial charge in [0.15, 0.2) is 0 Å². The Balaban J connectivity index is 1.68. The average molecular weight is 337 g/mol. The normalized spacial score (nSPS) is 22.7. The van der Waals surface area contributed by atoms with Crippen LogP contribution >= 0.6 is 11.6 Å². The maximum Gasteiger partial charge on any atom is 0.315 e. The van der Waals surface area contributed by atoms with Crippen LogP contribution in [-0.4, -0.2) is 24.6 Å². The molecule has 2 amide bonds. The van der Waals surface area contributed by atoms with Gasteiger partial charge in [0, 0.05) is 5.02 Å². The molecule has 0 bridgehead atoms. The second-order valence-corrected chi connectivity index (χ2v) is 6.72. The van der Waals surface area contributed by atoms with E-state index in [1.807, 2.05) is 24.3 Å². The third-order valence-corrected chi connectivity index (χ3v) is 4.79. The van der Waals surface area contributed by atoms with E-state index < -0.39 is 0 Å². The molecule has 3 rings (SSSR count). The molecule has 1 saturated carbocycles. The zero-order valence-electron chi connectivity index (χ0n) is 12.9. The number of ether oxygens (including phenoxy) is 1. The molecule has 0 radical (unpaired) electrons. The van der Waals surface area contributed by atoms with Crippen molar-refractivity contribution in [1.29, 1.82) is 0 Å². The van der Waals surface area contributed by atoms with Gasteiger partial charge in [-0.1, -0.05) is 36.6 Å². The van der Waals surface area contributed by atoms with Gasteiger partial charge in [-0.05, 0) is 36.5 Å². The summed E-state index contributed by atoms with van der Waals surface area (Å²) in [6.07, 6.45) is 4.82. The van der Waals surface area contributed by atoms with Crippen LogP contribution in [0, 0.1) is 5.92 Å². The summed E-state index contributed by atoms with van der Waals surface area (Å²) in [7, 11) is 0. The van der Waals surface area contributed by atoms with Crippen LogP contribution in [0.25, 0.3) is 0 Å². The summed E-state index contributed by atoms with van der Waals surface area (Å²) in [6, 6.07) is 7.08. The molecule has 1 aliphatic heterocycles. The first-order valence-electron chi connectivity index (χ1n) is 8.10. The number of benzene rings is 1. The molecule has 2 fully saturated rings. The Labute approximate surface area is 140 Å². The highest BCUT2D eigenvalue weighted by molar-refractivity contribution is 6.30. The van der Waals surface area contributed by atoms with Crippen LogP contribution in [0.4, 0.5) is 4.79 Å². The highest BCUT2D eigenvalue weighted by Gasteiger charge is 2.30. The number of hydrogen-bond acceptors (Lipinski definition) is 3. The number of nitrogens with one attached hydrogen (secondary N) is 2. The molecule has 2 N–H and O–H groups in total. The van der Waals surface area contributed by atoms with Gasteiger partial charge in [0.1, 0.15) is 6.61 Å². The monoisotopic (exact) mass is 336 g/mol. The van der Waals surface area contributed by atoms with Gasteiger partial charge >= 0.3 is 12.0 Å². The van der Waals surface area contributed by atoms with E-state index in [0.717, 1.165) is 18.4 Å². The van der Waals surface area contributed by atoms with E-state index >= 15 is 0 Å². The Morgan fingerprint density at radius 1 is 1.30 bits per heavy atom. The summed E-state index contributed by atoms with van der Waals surface area (Å²) < 4.78 is 4.87. The van der Waals surface area contributed by atoms with Crippen LogP contribution < -0.4 is 10.6 Å². The maximum absolute atomic E-state index is 12.3. The van der Waals surface area contributed by atoms with Crippen molar-refractivity contribution in [2.75, 3.05) is 6.61 Å². The lowest BCUT2D eigenvalue weighted by Crippen LogP contribution is -2.45. The Hall–Kier alpha value is -1.75. The highest BCUT2D eigenvalue weighted by Crippen LogP contribution is 2.36. The van der Waals surface area contributed by atoms with E-state index in [4.69, 9.17) is 16.3 Å². The van der Waals surface area contributed by atoms with Crippen molar-refractivity contribution in [1.82, 2.24) is 10.6 Å². The number of cyclic esters (lactones) is 1. The summed E-state index contributed by atoms with van der Waals surface area (Å²) in [5.74, 6) is 0.151. The van der Waals surface area contributed by atoms with Crippen LogP contribution in [-0.2, 0) is 9.53 Å². The quantitative estimate of drug-likeness (QED) is 0.830. The van der Waals surface area contributed by atoms with Gasteiger partial charge in [-0.15, -0.1) is 0 Å². The number of carbonyl (C=O) groups excluding carboxylic acids is 2. The number of urea groups is 1. The molecule has 23 heavy (non-hydrogen) atoms. The minimum Gasteiger partial charge on any atom is -0.463 e. The number of hydrogen-bond donors (Lipinski definition) is 2. The molecule has 2 aliphatic rings. The van der Waals surface area contributed by atoms with E-state index in [9.17, 15) is 9.59 Å². The third kappa shape index (κ3) is 4.16. The Morgan fingerprint density at radius 3 is 2.74 bits per heavy atom. The standard InChI is InChI=1S/C17H21ClN2O3/c18-13-7-3-6-12(8-13)16(11-4-1-2-5-11)20-17(22)19-14-9-15(21)23-10-14/h3,6-8,11,14,16H,1-2,4-5,9-10H2,(H2,19,20,22). The average Bonchev–Trinajstić information content (AvgIpc) is 3.17. The molecule has 5 nitrogen and oxygen atoms in total. The minimum atomic E-state index is -0.266. The number of amides is 2. The van der Waals surface area contributed by atoms with Crippen LogP contribution in [0.3, 0.4) is 0 Å². The van der Waals surface area contributed by atoms with Crippen LogP contribution in [0.1, 0.15) is 43.7 Å². The third-order valence-electron chi connectivity index (χ3n) is 4.56. The first-order chi connectivity index (χ1) is 11.1. The minimum absolute atomic E-state index is 0.0609. The second kappa shape index (κ2) is 7.21. The predicted octanol–water partition coefficient (Wildman–Crippen LogP) is 3.19. The molecule has 6 heteroatoms. The Bertz CT molecular complexity index is 587. The molecule has 2 atom stereocenters. The Kier molecular flexibility index (Phi) is 5.06. The summed E-state index contributed by atoms with van der Waals surface area (Å²) in [6.45, 7) is 0.248. The number of carbonyl (C=O) groups is 2. The van der Waals surface area contributed by atoms with Gasteiger partial charge in [-0.2, -0.15) is 0 Å². The maximum atomic E-state index is 12.3. The van der Waals surface area contributed by atoms with E-state index in [1.165, 1.54) is 12.8 Å². The van der Waals surface area contributed by atoms with Crippen molar-refractivity contribution in [2.45, 2.75) is 44.2 Å². The molecule has 0 aromatic heterocycles. The fraction of sp³-hybridized carbons (Fsp3) is 0.529.